The molecule has 9 heteroatoms. The molecule has 0 aromatic carbocycles. The van der Waals surface area contributed by atoms with Crippen LogP contribution in [0.2, 0.25) is 0 Å². The number of rotatable bonds is 7. The van der Waals surface area contributed by atoms with Crippen LogP contribution in [0.25, 0.3) is 0 Å². The molecule has 116 valence electrons. The highest BCUT2D eigenvalue weighted by Gasteiger charge is 2.29. The molecule has 0 radical (unpaired) electrons. The van der Waals surface area contributed by atoms with E-state index in [4.69, 9.17) is 5.11 Å². The molecular formula is C11H17F3N2O4. The lowest BCUT2D eigenvalue weighted by Crippen LogP contribution is -2.46. The molecule has 0 aromatic heterocycles. The monoisotopic (exact) mass is 298 g/mol. The molecule has 2 amide bonds. The van der Waals surface area contributed by atoms with Crippen molar-refractivity contribution in [2.24, 2.45) is 5.92 Å². The first-order valence-corrected chi connectivity index (χ1v) is 5.92. The fraction of sp³-hybridized carbons (Fsp3) is 0.727. The second kappa shape index (κ2) is 7.71. The van der Waals surface area contributed by atoms with Crippen LogP contribution in [0.15, 0.2) is 0 Å². The number of alkyl halides is 3. The average Bonchev–Trinajstić information content (AvgIpc) is 2.31. The summed E-state index contributed by atoms with van der Waals surface area (Å²) in [5.41, 5.74) is 0. The number of nitrogens with one attached hydrogen (secondary N) is 2. The average molecular weight is 298 g/mol. The summed E-state index contributed by atoms with van der Waals surface area (Å²) in [6.45, 7) is 1.79. The van der Waals surface area contributed by atoms with E-state index in [-0.39, 0.29) is 5.92 Å². The van der Waals surface area contributed by atoms with E-state index in [0.717, 1.165) is 0 Å². The molecule has 0 saturated carbocycles. The zero-order valence-corrected chi connectivity index (χ0v) is 11.1. The molecule has 0 aliphatic carbocycles. The van der Waals surface area contributed by atoms with E-state index in [1.165, 1.54) is 5.32 Å². The van der Waals surface area contributed by atoms with Crippen LogP contribution < -0.4 is 10.6 Å². The first-order chi connectivity index (χ1) is 9.06. The quantitative estimate of drug-likeness (QED) is 0.602. The lowest BCUT2D eigenvalue weighted by Gasteiger charge is -2.20. The van der Waals surface area contributed by atoms with Gasteiger partial charge in [-0.2, -0.15) is 13.2 Å². The SMILES string of the molecule is CCC(C)C(NC(=O)CC(=O)NCC(F)(F)F)C(=O)O. The third-order valence-corrected chi connectivity index (χ3v) is 2.60. The Labute approximate surface area is 113 Å². The fourth-order valence-electron chi connectivity index (χ4n) is 1.31. The van der Waals surface area contributed by atoms with Crippen molar-refractivity contribution in [1.82, 2.24) is 10.6 Å². The molecule has 2 unspecified atom stereocenters. The number of amides is 2. The van der Waals surface area contributed by atoms with Crippen molar-refractivity contribution in [3.63, 3.8) is 0 Å². The molecule has 0 aromatic rings. The highest BCUT2D eigenvalue weighted by molar-refractivity contribution is 5.98. The molecule has 20 heavy (non-hydrogen) atoms. The van der Waals surface area contributed by atoms with E-state index in [2.05, 4.69) is 5.32 Å². The number of aliphatic carboxylic acids is 1. The molecule has 2 atom stereocenters. The van der Waals surface area contributed by atoms with Crippen LogP contribution in [-0.4, -0.2) is 41.7 Å². The van der Waals surface area contributed by atoms with Crippen LogP contribution in [0.3, 0.4) is 0 Å². The van der Waals surface area contributed by atoms with Gasteiger partial charge in [-0.1, -0.05) is 20.3 Å². The third kappa shape index (κ3) is 7.59. The van der Waals surface area contributed by atoms with Crippen LogP contribution in [0.1, 0.15) is 26.7 Å². The molecule has 0 aliphatic rings. The first kappa shape index (κ1) is 18.2. The van der Waals surface area contributed by atoms with Gasteiger partial charge in [-0.3, -0.25) is 9.59 Å². The van der Waals surface area contributed by atoms with Crippen molar-refractivity contribution in [3.05, 3.63) is 0 Å². The highest BCUT2D eigenvalue weighted by atomic mass is 19.4. The summed E-state index contributed by atoms with van der Waals surface area (Å²) in [6.07, 6.45) is -4.93. The Morgan fingerprint density at radius 1 is 1.20 bits per heavy atom. The summed E-state index contributed by atoms with van der Waals surface area (Å²) in [7, 11) is 0. The largest absolute Gasteiger partial charge is 0.480 e. The van der Waals surface area contributed by atoms with Crippen LogP contribution >= 0.6 is 0 Å². The summed E-state index contributed by atoms with van der Waals surface area (Å²) in [6, 6.07) is -1.18. The molecule has 0 bridgehead atoms. The normalized spacial score (nSPS) is 14.2. The van der Waals surface area contributed by atoms with Crippen molar-refractivity contribution in [3.8, 4) is 0 Å². The molecule has 6 nitrogen and oxygen atoms in total. The predicted molar refractivity (Wildman–Crippen MR) is 62.7 cm³/mol. The molecule has 3 N–H and O–H groups in total. The lowest BCUT2D eigenvalue weighted by atomic mass is 9.99. The number of carbonyl (C=O) groups excluding carboxylic acids is 2. The minimum absolute atomic E-state index is 0.366. The molecular weight excluding hydrogens is 281 g/mol. The number of carbonyl (C=O) groups is 3. The van der Waals surface area contributed by atoms with Gasteiger partial charge in [-0.15, -0.1) is 0 Å². The van der Waals surface area contributed by atoms with Crippen LogP contribution in [-0.2, 0) is 14.4 Å². The standard InChI is InChI=1S/C11H17F3N2O4/c1-3-6(2)9(10(19)20)16-8(18)4-7(17)15-5-11(12,13)14/h6,9H,3-5H2,1-2H3,(H,15,17)(H,16,18)(H,19,20). The molecule has 0 aliphatic heterocycles. The van der Waals surface area contributed by atoms with Gasteiger partial charge < -0.3 is 15.7 Å². The maximum atomic E-state index is 11.8. The fourth-order valence-corrected chi connectivity index (χ4v) is 1.31. The second-order valence-corrected chi connectivity index (χ2v) is 4.34. The van der Waals surface area contributed by atoms with E-state index in [0.29, 0.717) is 6.42 Å². The summed E-state index contributed by atoms with van der Waals surface area (Å²) >= 11 is 0. The van der Waals surface area contributed by atoms with Gasteiger partial charge in [-0.05, 0) is 5.92 Å². The van der Waals surface area contributed by atoms with Crippen molar-refractivity contribution in [2.45, 2.75) is 38.9 Å². The first-order valence-electron chi connectivity index (χ1n) is 5.92. The molecule has 0 heterocycles. The van der Waals surface area contributed by atoms with E-state index >= 15 is 0 Å². The van der Waals surface area contributed by atoms with E-state index in [1.54, 1.807) is 13.8 Å². The number of hydrogen-bond acceptors (Lipinski definition) is 3. The van der Waals surface area contributed by atoms with Gasteiger partial charge >= 0.3 is 12.1 Å². The summed E-state index contributed by atoms with van der Waals surface area (Å²) < 4.78 is 35.5. The minimum Gasteiger partial charge on any atom is -0.480 e. The Morgan fingerprint density at radius 3 is 2.15 bits per heavy atom. The molecule has 0 fully saturated rings. The van der Waals surface area contributed by atoms with Crippen molar-refractivity contribution < 1.29 is 32.7 Å². The lowest BCUT2D eigenvalue weighted by molar-refractivity contribution is -0.145. The zero-order chi connectivity index (χ0) is 15.9. The third-order valence-electron chi connectivity index (χ3n) is 2.60. The van der Waals surface area contributed by atoms with Gasteiger partial charge in [0.25, 0.3) is 0 Å². The molecule has 0 rings (SSSR count). The van der Waals surface area contributed by atoms with Gasteiger partial charge in [0.15, 0.2) is 0 Å². The zero-order valence-electron chi connectivity index (χ0n) is 11.1. The summed E-state index contributed by atoms with van der Waals surface area (Å²) in [5.74, 6) is -3.68. The maximum absolute atomic E-state index is 11.8. The van der Waals surface area contributed by atoms with Crippen molar-refractivity contribution >= 4 is 17.8 Å². The highest BCUT2D eigenvalue weighted by Crippen LogP contribution is 2.12. The Kier molecular flexibility index (Phi) is 7.01. The topological polar surface area (TPSA) is 95.5 Å². The molecule has 0 spiro atoms. The Morgan fingerprint density at radius 2 is 1.75 bits per heavy atom. The number of hydrogen-bond donors (Lipinski definition) is 3. The Balaban J connectivity index is 4.33. The summed E-state index contributed by atoms with van der Waals surface area (Å²) in [5, 5.41) is 12.5. The smallest absolute Gasteiger partial charge is 0.405 e. The maximum Gasteiger partial charge on any atom is 0.405 e. The van der Waals surface area contributed by atoms with Gasteiger partial charge in [0.1, 0.15) is 19.0 Å². The Hall–Kier alpha value is -1.80. The van der Waals surface area contributed by atoms with Gasteiger partial charge in [0, 0.05) is 0 Å². The second-order valence-electron chi connectivity index (χ2n) is 4.34. The number of halogens is 3. The van der Waals surface area contributed by atoms with E-state index in [9.17, 15) is 27.6 Å². The van der Waals surface area contributed by atoms with Crippen LogP contribution in [0.4, 0.5) is 13.2 Å². The Bertz CT molecular complexity index is 371. The molecule has 0 saturated heterocycles. The number of carboxylic acid groups (broad SMARTS) is 1. The van der Waals surface area contributed by atoms with Gasteiger partial charge in [0.2, 0.25) is 11.8 Å². The van der Waals surface area contributed by atoms with Gasteiger partial charge in [-0.25, -0.2) is 4.79 Å². The summed E-state index contributed by atoms with van der Waals surface area (Å²) in [4.78, 5) is 33.4. The van der Waals surface area contributed by atoms with Gasteiger partial charge in [0.05, 0.1) is 0 Å². The minimum atomic E-state index is -4.56. The van der Waals surface area contributed by atoms with Crippen molar-refractivity contribution in [2.75, 3.05) is 6.54 Å². The predicted octanol–water partition coefficient (Wildman–Crippen LogP) is 0.670. The van der Waals surface area contributed by atoms with E-state index in [1.807, 2.05) is 0 Å². The van der Waals surface area contributed by atoms with Crippen molar-refractivity contribution in [1.29, 1.82) is 0 Å². The number of carboxylic acids is 1. The van der Waals surface area contributed by atoms with E-state index < -0.39 is 43.0 Å². The van der Waals surface area contributed by atoms with Crippen LogP contribution in [0, 0.1) is 5.92 Å². The van der Waals surface area contributed by atoms with Crippen LogP contribution in [0.5, 0.6) is 0 Å².